The highest BCUT2D eigenvalue weighted by Gasteiger charge is 2.28. The molecule has 1 aliphatic heterocycles. The van der Waals surface area contributed by atoms with Crippen LogP contribution in [0.4, 0.5) is 0 Å². The number of hydrogen-bond acceptors (Lipinski definition) is 3. The second-order valence-electron chi connectivity index (χ2n) is 4.98. The van der Waals surface area contributed by atoms with E-state index in [9.17, 15) is 4.79 Å². The first-order valence-electron chi connectivity index (χ1n) is 6.04. The molecule has 1 aromatic rings. The molecule has 0 radical (unpaired) electrons. The van der Waals surface area contributed by atoms with Crippen LogP contribution in [0.2, 0.25) is 0 Å². The number of rotatable bonds is 1. The van der Waals surface area contributed by atoms with Crippen LogP contribution in [0.3, 0.4) is 0 Å². The minimum atomic E-state index is 0.0537. The van der Waals surface area contributed by atoms with Gasteiger partial charge in [-0.2, -0.15) is 5.10 Å². The zero-order valence-corrected chi connectivity index (χ0v) is 10.7. The molecule has 1 aliphatic rings. The predicted molar refractivity (Wildman–Crippen MR) is 65.6 cm³/mol. The summed E-state index contributed by atoms with van der Waals surface area (Å²) in [6, 6.07) is 0.0877. The van der Waals surface area contributed by atoms with E-state index >= 15 is 0 Å². The molecule has 0 aliphatic carbocycles. The lowest BCUT2D eigenvalue weighted by Gasteiger charge is -2.34. The molecule has 1 aromatic heterocycles. The number of aryl methyl sites for hydroxylation is 2. The van der Waals surface area contributed by atoms with Crippen LogP contribution in [0, 0.1) is 12.8 Å². The number of piperidine rings is 1. The summed E-state index contributed by atoms with van der Waals surface area (Å²) in [4.78, 5) is 14.1. The van der Waals surface area contributed by atoms with Gasteiger partial charge in [0, 0.05) is 32.4 Å². The molecule has 1 amide bonds. The molecule has 5 nitrogen and oxygen atoms in total. The van der Waals surface area contributed by atoms with Gasteiger partial charge < -0.3 is 10.6 Å². The van der Waals surface area contributed by atoms with Crippen molar-refractivity contribution in [3.8, 4) is 0 Å². The molecule has 94 valence electrons. The van der Waals surface area contributed by atoms with E-state index in [4.69, 9.17) is 5.73 Å². The van der Waals surface area contributed by atoms with Crippen LogP contribution in [0.1, 0.15) is 29.4 Å². The molecule has 1 fully saturated rings. The molecule has 2 rings (SSSR count). The third-order valence-electron chi connectivity index (χ3n) is 3.55. The summed E-state index contributed by atoms with van der Waals surface area (Å²) < 4.78 is 1.68. The number of hydrogen-bond donors (Lipinski definition) is 1. The second-order valence-corrected chi connectivity index (χ2v) is 4.98. The van der Waals surface area contributed by atoms with Crippen molar-refractivity contribution in [1.29, 1.82) is 0 Å². The van der Waals surface area contributed by atoms with Crippen molar-refractivity contribution >= 4 is 5.91 Å². The summed E-state index contributed by atoms with van der Waals surface area (Å²) in [5, 5.41) is 4.20. The van der Waals surface area contributed by atoms with Crippen LogP contribution in [-0.2, 0) is 7.05 Å². The van der Waals surface area contributed by atoms with E-state index in [0.29, 0.717) is 18.0 Å². The van der Waals surface area contributed by atoms with E-state index in [0.717, 1.165) is 18.7 Å². The number of nitrogens with two attached hydrogens (primary N) is 1. The Bertz CT molecular complexity index is 426. The van der Waals surface area contributed by atoms with Crippen LogP contribution < -0.4 is 5.73 Å². The molecule has 2 unspecified atom stereocenters. The number of carbonyl (C=O) groups excluding carboxylic acids is 1. The summed E-state index contributed by atoms with van der Waals surface area (Å²) in [5.41, 5.74) is 7.48. The lowest BCUT2D eigenvalue weighted by atomic mass is 9.94. The predicted octanol–water partition coefficient (Wildman–Crippen LogP) is 0.538. The van der Waals surface area contributed by atoms with Gasteiger partial charge in [0.05, 0.1) is 11.3 Å². The van der Waals surface area contributed by atoms with Gasteiger partial charge in [0.15, 0.2) is 0 Å². The summed E-state index contributed by atoms with van der Waals surface area (Å²) in [7, 11) is 1.83. The van der Waals surface area contributed by atoms with E-state index in [1.807, 2.05) is 18.9 Å². The Morgan fingerprint density at radius 2 is 2.29 bits per heavy atom. The molecule has 0 bridgehead atoms. The fourth-order valence-corrected chi connectivity index (χ4v) is 2.26. The summed E-state index contributed by atoms with van der Waals surface area (Å²) in [5.74, 6) is 0.548. The van der Waals surface area contributed by atoms with Crippen LogP contribution in [0.5, 0.6) is 0 Å². The largest absolute Gasteiger partial charge is 0.337 e. The fourth-order valence-electron chi connectivity index (χ4n) is 2.26. The first kappa shape index (κ1) is 12.1. The Hall–Kier alpha value is -1.36. The van der Waals surface area contributed by atoms with Crippen LogP contribution in [0.25, 0.3) is 0 Å². The topological polar surface area (TPSA) is 64.2 Å². The fraction of sp³-hybridized carbons (Fsp3) is 0.667. The average molecular weight is 236 g/mol. The van der Waals surface area contributed by atoms with E-state index in [2.05, 4.69) is 12.0 Å². The Morgan fingerprint density at radius 3 is 2.82 bits per heavy atom. The van der Waals surface area contributed by atoms with Crippen molar-refractivity contribution in [2.24, 2.45) is 18.7 Å². The smallest absolute Gasteiger partial charge is 0.257 e. The van der Waals surface area contributed by atoms with E-state index in [-0.39, 0.29) is 11.9 Å². The molecule has 2 heterocycles. The third-order valence-corrected chi connectivity index (χ3v) is 3.55. The van der Waals surface area contributed by atoms with Crippen molar-refractivity contribution < 1.29 is 4.79 Å². The maximum atomic E-state index is 12.3. The molecule has 2 N–H and O–H groups in total. The van der Waals surface area contributed by atoms with Gasteiger partial charge >= 0.3 is 0 Å². The Kier molecular flexibility index (Phi) is 3.19. The van der Waals surface area contributed by atoms with E-state index in [1.165, 1.54) is 0 Å². The quantitative estimate of drug-likeness (QED) is 0.774. The monoisotopic (exact) mass is 236 g/mol. The molecule has 17 heavy (non-hydrogen) atoms. The molecule has 0 aromatic carbocycles. The van der Waals surface area contributed by atoms with Gasteiger partial charge in [-0.05, 0) is 19.3 Å². The van der Waals surface area contributed by atoms with Crippen LogP contribution >= 0.6 is 0 Å². The number of nitrogens with zero attached hydrogens (tertiary/aromatic N) is 3. The van der Waals surface area contributed by atoms with Gasteiger partial charge in [-0.25, -0.2) is 0 Å². The minimum absolute atomic E-state index is 0.0537. The van der Waals surface area contributed by atoms with Crippen LogP contribution in [0.15, 0.2) is 6.20 Å². The molecule has 5 heteroatoms. The first-order valence-corrected chi connectivity index (χ1v) is 6.04. The van der Waals surface area contributed by atoms with Crippen molar-refractivity contribution in [2.75, 3.05) is 13.1 Å². The van der Waals surface area contributed by atoms with Crippen LogP contribution in [-0.4, -0.2) is 39.7 Å². The van der Waals surface area contributed by atoms with Gasteiger partial charge in [0.1, 0.15) is 0 Å². The number of aromatic nitrogens is 2. The highest BCUT2D eigenvalue weighted by molar-refractivity contribution is 5.95. The lowest BCUT2D eigenvalue weighted by Crippen LogP contribution is -2.49. The molecule has 0 spiro atoms. The average Bonchev–Trinajstić information content (AvgIpc) is 2.61. The first-order chi connectivity index (χ1) is 7.99. The number of likely N-dealkylation sites (tertiary alicyclic amines) is 1. The van der Waals surface area contributed by atoms with Gasteiger partial charge in [-0.1, -0.05) is 6.92 Å². The van der Waals surface area contributed by atoms with Gasteiger partial charge in [0.25, 0.3) is 5.91 Å². The summed E-state index contributed by atoms with van der Waals surface area (Å²) in [6.07, 6.45) is 2.76. The van der Waals surface area contributed by atoms with Crippen molar-refractivity contribution in [3.63, 3.8) is 0 Å². The molecule has 1 saturated heterocycles. The summed E-state index contributed by atoms with van der Waals surface area (Å²) >= 11 is 0. The lowest BCUT2D eigenvalue weighted by molar-refractivity contribution is 0.0671. The Morgan fingerprint density at radius 1 is 1.59 bits per heavy atom. The third kappa shape index (κ3) is 2.34. The molecule has 2 atom stereocenters. The SMILES string of the molecule is Cc1nn(C)cc1C(=O)N1CCC(C)C(N)C1. The molecular formula is C12H20N4O. The van der Waals surface area contributed by atoms with E-state index in [1.54, 1.807) is 10.9 Å². The maximum Gasteiger partial charge on any atom is 0.257 e. The van der Waals surface area contributed by atoms with Gasteiger partial charge in [0.2, 0.25) is 0 Å². The number of carbonyl (C=O) groups is 1. The highest BCUT2D eigenvalue weighted by atomic mass is 16.2. The summed E-state index contributed by atoms with van der Waals surface area (Å²) in [6.45, 7) is 5.44. The standard InChI is InChI=1S/C12H20N4O/c1-8-4-5-16(7-11(8)13)12(17)10-6-15(3)14-9(10)2/h6,8,11H,4-5,7,13H2,1-3H3. The maximum absolute atomic E-state index is 12.3. The minimum Gasteiger partial charge on any atom is -0.337 e. The van der Waals surface area contributed by atoms with E-state index < -0.39 is 0 Å². The molecular weight excluding hydrogens is 216 g/mol. The van der Waals surface area contributed by atoms with Crippen molar-refractivity contribution in [2.45, 2.75) is 26.3 Å². The Balaban J connectivity index is 2.13. The second kappa shape index (κ2) is 4.49. The molecule has 0 saturated carbocycles. The highest BCUT2D eigenvalue weighted by Crippen LogP contribution is 2.18. The van der Waals surface area contributed by atoms with Crippen molar-refractivity contribution in [1.82, 2.24) is 14.7 Å². The zero-order chi connectivity index (χ0) is 12.6. The normalized spacial score (nSPS) is 25.1. The van der Waals surface area contributed by atoms with Crippen molar-refractivity contribution in [3.05, 3.63) is 17.5 Å². The zero-order valence-electron chi connectivity index (χ0n) is 10.7. The van der Waals surface area contributed by atoms with Gasteiger partial charge in [-0.15, -0.1) is 0 Å². The Labute approximate surface area is 102 Å². The number of amides is 1. The van der Waals surface area contributed by atoms with Gasteiger partial charge in [-0.3, -0.25) is 9.48 Å².